The van der Waals surface area contributed by atoms with Gasteiger partial charge >= 0.3 is 0 Å². The number of carbonyl (C=O) groups is 1. The van der Waals surface area contributed by atoms with E-state index < -0.39 is 0 Å². The first-order valence-corrected chi connectivity index (χ1v) is 10.1. The molecule has 0 bridgehead atoms. The molecule has 3 heterocycles. The minimum absolute atomic E-state index is 0.0594. The van der Waals surface area contributed by atoms with Gasteiger partial charge in [-0.25, -0.2) is 4.98 Å². The standard InChI is InChI=1S/C19H24N4OS/c1-22-9-19(10-22)11-23(12-19)18-21-15-7-6-13(8-16(15)25-18)17(24)20-14-4-2-3-5-14/h6-8,14H,2-5,9-12H2,1H3,(H,20,24). The maximum absolute atomic E-state index is 12.5. The third kappa shape index (κ3) is 2.72. The largest absolute Gasteiger partial charge is 0.349 e. The van der Waals surface area contributed by atoms with Crippen LogP contribution in [-0.4, -0.2) is 55.1 Å². The maximum Gasteiger partial charge on any atom is 0.251 e. The molecule has 1 N–H and O–H groups in total. The molecular weight excluding hydrogens is 332 g/mol. The molecule has 1 amide bonds. The topological polar surface area (TPSA) is 48.5 Å². The Labute approximate surface area is 152 Å². The lowest BCUT2D eigenvalue weighted by molar-refractivity contribution is -0.00238. The molecular formula is C19H24N4OS. The fourth-order valence-electron chi connectivity index (χ4n) is 4.73. The second kappa shape index (κ2) is 5.68. The first-order chi connectivity index (χ1) is 12.1. The molecule has 1 aliphatic carbocycles. The summed E-state index contributed by atoms with van der Waals surface area (Å²) in [6, 6.07) is 6.27. The molecule has 3 aliphatic rings. The number of benzene rings is 1. The fraction of sp³-hybridized carbons (Fsp3) is 0.579. The van der Waals surface area contributed by atoms with Crippen molar-refractivity contribution < 1.29 is 4.79 Å². The zero-order valence-electron chi connectivity index (χ0n) is 14.6. The molecule has 132 valence electrons. The van der Waals surface area contributed by atoms with E-state index in [0.717, 1.165) is 46.8 Å². The molecule has 0 unspecified atom stereocenters. The van der Waals surface area contributed by atoms with Crippen LogP contribution in [0.15, 0.2) is 18.2 Å². The molecule has 3 fully saturated rings. The summed E-state index contributed by atoms with van der Waals surface area (Å²) in [4.78, 5) is 22.0. The number of amides is 1. The van der Waals surface area contributed by atoms with Gasteiger partial charge in [-0.2, -0.15) is 0 Å². The Hall–Kier alpha value is -1.66. The van der Waals surface area contributed by atoms with Crippen molar-refractivity contribution in [2.24, 2.45) is 5.41 Å². The lowest BCUT2D eigenvalue weighted by Gasteiger charge is -2.59. The highest BCUT2D eigenvalue weighted by atomic mass is 32.1. The fourth-order valence-corrected chi connectivity index (χ4v) is 5.73. The van der Waals surface area contributed by atoms with Gasteiger partial charge in [0.25, 0.3) is 5.91 Å². The van der Waals surface area contributed by atoms with Gasteiger partial charge in [0.1, 0.15) is 0 Å². The molecule has 1 aromatic carbocycles. The van der Waals surface area contributed by atoms with Gasteiger partial charge in [-0.3, -0.25) is 4.79 Å². The van der Waals surface area contributed by atoms with Crippen LogP contribution >= 0.6 is 11.3 Å². The predicted molar refractivity (Wildman–Crippen MR) is 101 cm³/mol. The van der Waals surface area contributed by atoms with Crippen molar-refractivity contribution in [1.82, 2.24) is 15.2 Å². The number of hydrogen-bond donors (Lipinski definition) is 1. The van der Waals surface area contributed by atoms with E-state index in [4.69, 9.17) is 4.98 Å². The normalized spacial score (nSPS) is 23.0. The molecule has 5 nitrogen and oxygen atoms in total. The van der Waals surface area contributed by atoms with Gasteiger partial charge in [-0.05, 0) is 38.1 Å². The van der Waals surface area contributed by atoms with Gasteiger partial charge in [0, 0.05) is 43.2 Å². The second-order valence-corrected chi connectivity index (χ2v) is 9.17. The van der Waals surface area contributed by atoms with E-state index in [1.165, 1.54) is 25.9 Å². The van der Waals surface area contributed by atoms with Gasteiger partial charge < -0.3 is 15.1 Å². The third-order valence-corrected chi connectivity index (χ3v) is 6.94. The SMILES string of the molecule is CN1CC2(C1)CN(c1nc3ccc(C(=O)NC4CCCC4)cc3s1)C2. The summed E-state index contributed by atoms with van der Waals surface area (Å²) >= 11 is 1.71. The van der Waals surface area contributed by atoms with Gasteiger partial charge in [0.2, 0.25) is 0 Å². The highest BCUT2D eigenvalue weighted by molar-refractivity contribution is 7.22. The van der Waals surface area contributed by atoms with Crippen LogP contribution < -0.4 is 10.2 Å². The first-order valence-electron chi connectivity index (χ1n) is 9.25. The zero-order chi connectivity index (χ0) is 17.0. The number of fused-ring (bicyclic) bond motifs is 1. The number of carbonyl (C=O) groups excluding carboxylic acids is 1. The molecule has 5 rings (SSSR count). The van der Waals surface area contributed by atoms with Crippen LogP contribution in [0.3, 0.4) is 0 Å². The summed E-state index contributed by atoms with van der Waals surface area (Å²) in [5.41, 5.74) is 2.28. The number of nitrogens with one attached hydrogen (secondary N) is 1. The van der Waals surface area contributed by atoms with Crippen LogP contribution in [0.25, 0.3) is 10.2 Å². The average molecular weight is 356 g/mol. The summed E-state index contributed by atoms with van der Waals surface area (Å²) in [6.45, 7) is 4.65. The van der Waals surface area contributed by atoms with Crippen molar-refractivity contribution in [1.29, 1.82) is 0 Å². The first kappa shape index (κ1) is 15.6. The molecule has 0 radical (unpaired) electrons. The van der Waals surface area contributed by atoms with Crippen LogP contribution in [-0.2, 0) is 0 Å². The summed E-state index contributed by atoms with van der Waals surface area (Å²) in [5, 5.41) is 4.27. The number of nitrogens with zero attached hydrogens (tertiary/aromatic N) is 3. The van der Waals surface area contributed by atoms with Gasteiger partial charge in [-0.15, -0.1) is 0 Å². The van der Waals surface area contributed by atoms with Crippen LogP contribution in [0, 0.1) is 5.41 Å². The minimum atomic E-state index is 0.0594. The second-order valence-electron chi connectivity index (χ2n) is 8.16. The van der Waals surface area contributed by atoms with E-state index in [0.29, 0.717) is 11.5 Å². The summed E-state index contributed by atoms with van der Waals surface area (Å²) in [5.74, 6) is 0.0594. The van der Waals surface area contributed by atoms with Crippen molar-refractivity contribution >= 4 is 32.6 Å². The highest BCUT2D eigenvalue weighted by Gasteiger charge is 2.51. The number of rotatable bonds is 3. The molecule has 6 heteroatoms. The van der Waals surface area contributed by atoms with E-state index in [1.54, 1.807) is 11.3 Å². The quantitative estimate of drug-likeness (QED) is 0.919. The molecule has 25 heavy (non-hydrogen) atoms. The zero-order valence-corrected chi connectivity index (χ0v) is 15.4. The Bertz CT molecular complexity index is 812. The van der Waals surface area contributed by atoms with Crippen LogP contribution in [0.5, 0.6) is 0 Å². The summed E-state index contributed by atoms with van der Waals surface area (Å²) < 4.78 is 1.11. The number of hydrogen-bond acceptors (Lipinski definition) is 5. The molecule has 2 saturated heterocycles. The summed E-state index contributed by atoms with van der Waals surface area (Å²) in [7, 11) is 2.18. The molecule has 1 spiro atoms. The smallest absolute Gasteiger partial charge is 0.251 e. The Balaban J connectivity index is 1.30. The van der Waals surface area contributed by atoms with Crippen molar-refractivity contribution in [3.63, 3.8) is 0 Å². The Morgan fingerprint density at radius 1 is 1.24 bits per heavy atom. The molecule has 2 aliphatic heterocycles. The van der Waals surface area contributed by atoms with Crippen molar-refractivity contribution in [2.75, 3.05) is 38.1 Å². The van der Waals surface area contributed by atoms with Gasteiger partial charge in [-0.1, -0.05) is 24.2 Å². The lowest BCUT2D eigenvalue weighted by atomic mass is 9.73. The van der Waals surface area contributed by atoms with Crippen molar-refractivity contribution in [3.05, 3.63) is 23.8 Å². The highest BCUT2D eigenvalue weighted by Crippen LogP contribution is 2.43. The Kier molecular flexibility index (Phi) is 3.54. The van der Waals surface area contributed by atoms with Crippen molar-refractivity contribution in [3.8, 4) is 0 Å². The molecule has 1 saturated carbocycles. The number of likely N-dealkylation sites (tertiary alicyclic amines) is 1. The van der Waals surface area contributed by atoms with Gasteiger partial charge in [0.15, 0.2) is 5.13 Å². The van der Waals surface area contributed by atoms with E-state index in [1.807, 2.05) is 18.2 Å². The van der Waals surface area contributed by atoms with E-state index in [-0.39, 0.29) is 5.91 Å². The molecule has 2 aromatic rings. The number of anilines is 1. The Morgan fingerprint density at radius 3 is 2.72 bits per heavy atom. The van der Waals surface area contributed by atoms with Crippen LogP contribution in [0.4, 0.5) is 5.13 Å². The van der Waals surface area contributed by atoms with Crippen LogP contribution in [0.1, 0.15) is 36.0 Å². The molecule has 0 atom stereocenters. The lowest BCUT2D eigenvalue weighted by Crippen LogP contribution is -2.71. The molecule has 1 aromatic heterocycles. The van der Waals surface area contributed by atoms with E-state index >= 15 is 0 Å². The van der Waals surface area contributed by atoms with Crippen LogP contribution in [0.2, 0.25) is 0 Å². The average Bonchev–Trinajstić information content (AvgIpc) is 3.17. The minimum Gasteiger partial charge on any atom is -0.349 e. The Morgan fingerprint density at radius 2 is 2.00 bits per heavy atom. The van der Waals surface area contributed by atoms with Gasteiger partial charge in [0.05, 0.1) is 10.2 Å². The summed E-state index contributed by atoms with van der Waals surface area (Å²) in [6.07, 6.45) is 4.69. The maximum atomic E-state index is 12.5. The van der Waals surface area contributed by atoms with Crippen molar-refractivity contribution in [2.45, 2.75) is 31.7 Å². The van der Waals surface area contributed by atoms with E-state index in [2.05, 4.69) is 22.2 Å². The number of aromatic nitrogens is 1. The third-order valence-electron chi connectivity index (χ3n) is 5.86. The monoisotopic (exact) mass is 356 g/mol. The number of thiazole rings is 1. The predicted octanol–water partition coefficient (Wildman–Crippen LogP) is 2.72. The van der Waals surface area contributed by atoms with E-state index in [9.17, 15) is 4.79 Å².